The Morgan fingerprint density at radius 2 is 1.85 bits per heavy atom. The molecule has 2 heterocycles. The fourth-order valence-corrected chi connectivity index (χ4v) is 4.37. The smallest absolute Gasteiger partial charge is 0.258 e. The summed E-state index contributed by atoms with van der Waals surface area (Å²) in [6, 6.07) is 10.4. The van der Waals surface area contributed by atoms with Crippen LogP contribution in [0.5, 0.6) is 0 Å². The second-order valence-corrected chi connectivity index (χ2v) is 7.43. The molecule has 1 fully saturated rings. The van der Waals surface area contributed by atoms with E-state index < -0.39 is 5.82 Å². The van der Waals surface area contributed by atoms with Gasteiger partial charge < -0.3 is 4.90 Å². The molecule has 0 radical (unpaired) electrons. The molecule has 0 saturated carbocycles. The van der Waals surface area contributed by atoms with E-state index in [0.717, 1.165) is 43.7 Å². The van der Waals surface area contributed by atoms with Crippen molar-refractivity contribution in [2.75, 3.05) is 31.1 Å². The zero-order valence-corrected chi connectivity index (χ0v) is 15.1. The Balaban J connectivity index is 1.68. The Bertz CT molecular complexity index is 888. The Labute approximate surface area is 157 Å². The van der Waals surface area contributed by atoms with E-state index in [1.807, 2.05) is 6.08 Å². The van der Waals surface area contributed by atoms with Gasteiger partial charge in [0.15, 0.2) is 0 Å². The van der Waals surface area contributed by atoms with Crippen molar-refractivity contribution in [3.8, 4) is 0 Å². The summed E-state index contributed by atoms with van der Waals surface area (Å²) in [5.41, 5.74) is 1.69. The quantitative estimate of drug-likeness (QED) is 0.760. The van der Waals surface area contributed by atoms with Gasteiger partial charge in [-0.2, -0.15) is 0 Å². The van der Waals surface area contributed by atoms with Crippen molar-refractivity contribution in [3.05, 3.63) is 77.9 Å². The number of hydrogen-bond acceptors (Lipinski definition) is 2. The van der Waals surface area contributed by atoms with Crippen LogP contribution in [0.2, 0.25) is 0 Å². The number of anilines is 1. The standard InChI is InChI=1S/C22H22F2N2O/c1-2-10-25-11-8-22(9-12-25)15-26(20-7-6-18(24)14-19(20)22)21(27)16-4-3-5-17(23)13-16/h2-7,13-14H,1,8-12,15H2. The summed E-state index contributed by atoms with van der Waals surface area (Å²) < 4.78 is 27.6. The number of carbonyl (C=O) groups excluding carboxylic acids is 1. The van der Waals surface area contributed by atoms with Gasteiger partial charge in [-0.25, -0.2) is 8.78 Å². The van der Waals surface area contributed by atoms with Crippen LogP contribution in [0.15, 0.2) is 55.1 Å². The van der Waals surface area contributed by atoms with Gasteiger partial charge in [0.05, 0.1) is 0 Å². The number of carbonyl (C=O) groups is 1. The topological polar surface area (TPSA) is 23.6 Å². The minimum atomic E-state index is -0.438. The lowest BCUT2D eigenvalue weighted by molar-refractivity contribution is 0.0977. The van der Waals surface area contributed by atoms with E-state index in [4.69, 9.17) is 0 Å². The third-order valence-electron chi connectivity index (χ3n) is 5.80. The van der Waals surface area contributed by atoms with Gasteiger partial charge >= 0.3 is 0 Å². The SMILES string of the molecule is C=CCN1CCC2(CC1)CN(C(=O)c1cccc(F)c1)c1ccc(F)cc12. The second-order valence-electron chi connectivity index (χ2n) is 7.43. The van der Waals surface area contributed by atoms with Crippen molar-refractivity contribution in [2.24, 2.45) is 0 Å². The Morgan fingerprint density at radius 3 is 2.56 bits per heavy atom. The van der Waals surface area contributed by atoms with E-state index in [1.165, 1.54) is 24.3 Å². The van der Waals surface area contributed by atoms with Crippen molar-refractivity contribution in [1.29, 1.82) is 0 Å². The monoisotopic (exact) mass is 368 g/mol. The van der Waals surface area contributed by atoms with Gasteiger partial charge in [-0.05, 0) is 67.9 Å². The number of amides is 1. The predicted octanol–water partition coefficient (Wildman–Crippen LogP) is 4.14. The van der Waals surface area contributed by atoms with Crippen molar-refractivity contribution in [2.45, 2.75) is 18.3 Å². The van der Waals surface area contributed by atoms with Crippen LogP contribution in [0.4, 0.5) is 14.5 Å². The summed E-state index contributed by atoms with van der Waals surface area (Å²) in [5.74, 6) is -0.971. The maximum absolute atomic E-state index is 14.0. The summed E-state index contributed by atoms with van der Waals surface area (Å²) >= 11 is 0. The first-order valence-electron chi connectivity index (χ1n) is 9.23. The third-order valence-corrected chi connectivity index (χ3v) is 5.80. The lowest BCUT2D eigenvalue weighted by atomic mass is 9.74. The molecule has 1 amide bonds. The molecular weight excluding hydrogens is 346 g/mol. The first kappa shape index (κ1) is 17.9. The summed E-state index contributed by atoms with van der Waals surface area (Å²) in [4.78, 5) is 17.1. The number of benzene rings is 2. The molecule has 2 aliphatic rings. The fourth-order valence-electron chi connectivity index (χ4n) is 4.37. The van der Waals surface area contributed by atoms with Crippen LogP contribution in [-0.4, -0.2) is 37.0 Å². The van der Waals surface area contributed by atoms with Crippen molar-refractivity contribution >= 4 is 11.6 Å². The highest BCUT2D eigenvalue weighted by atomic mass is 19.1. The molecule has 2 aromatic carbocycles. The maximum Gasteiger partial charge on any atom is 0.258 e. The molecule has 0 bridgehead atoms. The van der Waals surface area contributed by atoms with Crippen LogP contribution in [0.3, 0.4) is 0 Å². The summed E-state index contributed by atoms with van der Waals surface area (Å²) in [6.45, 7) is 6.88. The number of likely N-dealkylation sites (tertiary alicyclic amines) is 1. The molecule has 0 aromatic heterocycles. The lowest BCUT2D eigenvalue weighted by Crippen LogP contribution is -2.46. The van der Waals surface area contributed by atoms with E-state index in [2.05, 4.69) is 11.5 Å². The van der Waals surface area contributed by atoms with Crippen LogP contribution < -0.4 is 4.90 Å². The van der Waals surface area contributed by atoms with Crippen molar-refractivity contribution in [1.82, 2.24) is 4.90 Å². The average Bonchev–Trinajstić information content (AvgIpc) is 2.97. The van der Waals surface area contributed by atoms with E-state index >= 15 is 0 Å². The van der Waals surface area contributed by atoms with Gasteiger partial charge in [-0.1, -0.05) is 12.1 Å². The van der Waals surface area contributed by atoms with E-state index in [-0.39, 0.29) is 17.1 Å². The van der Waals surface area contributed by atoms with Gasteiger partial charge in [0, 0.05) is 29.8 Å². The first-order chi connectivity index (χ1) is 13.0. The highest BCUT2D eigenvalue weighted by molar-refractivity contribution is 6.07. The molecule has 4 rings (SSSR count). The van der Waals surface area contributed by atoms with Gasteiger partial charge in [0.2, 0.25) is 0 Å². The molecule has 0 atom stereocenters. The minimum absolute atomic E-state index is 0.243. The van der Waals surface area contributed by atoms with Crippen LogP contribution in [-0.2, 0) is 5.41 Å². The Kier molecular flexibility index (Phi) is 4.56. The fraction of sp³-hybridized carbons (Fsp3) is 0.318. The van der Waals surface area contributed by atoms with Crippen LogP contribution in [0.1, 0.15) is 28.8 Å². The van der Waals surface area contributed by atoms with Crippen LogP contribution in [0, 0.1) is 11.6 Å². The lowest BCUT2D eigenvalue weighted by Gasteiger charge is -2.39. The predicted molar refractivity (Wildman–Crippen MR) is 102 cm³/mol. The highest BCUT2D eigenvalue weighted by Gasteiger charge is 2.46. The van der Waals surface area contributed by atoms with Crippen LogP contribution in [0.25, 0.3) is 0 Å². The molecule has 27 heavy (non-hydrogen) atoms. The van der Waals surface area contributed by atoms with Gasteiger partial charge in [-0.15, -0.1) is 6.58 Å². The first-order valence-corrected chi connectivity index (χ1v) is 9.23. The summed E-state index contributed by atoms with van der Waals surface area (Å²) in [5, 5.41) is 0. The average molecular weight is 368 g/mol. The van der Waals surface area contributed by atoms with Crippen molar-refractivity contribution in [3.63, 3.8) is 0 Å². The number of halogens is 2. The number of rotatable bonds is 3. The summed E-state index contributed by atoms with van der Waals surface area (Å²) in [6.07, 6.45) is 3.59. The van der Waals surface area contributed by atoms with Crippen LogP contribution >= 0.6 is 0 Å². The molecule has 1 spiro atoms. The number of piperidine rings is 1. The molecule has 2 aliphatic heterocycles. The molecule has 3 nitrogen and oxygen atoms in total. The van der Waals surface area contributed by atoms with E-state index in [9.17, 15) is 13.6 Å². The summed E-state index contributed by atoms with van der Waals surface area (Å²) in [7, 11) is 0. The van der Waals surface area contributed by atoms with Gasteiger partial charge in [0.1, 0.15) is 11.6 Å². The molecule has 0 N–H and O–H groups in total. The Hall–Kier alpha value is -2.53. The zero-order valence-electron chi connectivity index (χ0n) is 15.1. The molecule has 140 valence electrons. The van der Waals surface area contributed by atoms with Gasteiger partial charge in [-0.3, -0.25) is 9.69 Å². The number of fused-ring (bicyclic) bond motifs is 2. The van der Waals surface area contributed by atoms with Crippen molar-refractivity contribution < 1.29 is 13.6 Å². The van der Waals surface area contributed by atoms with Gasteiger partial charge in [0.25, 0.3) is 5.91 Å². The molecular formula is C22H22F2N2O. The number of hydrogen-bond donors (Lipinski definition) is 0. The minimum Gasteiger partial charge on any atom is -0.307 e. The molecule has 0 aliphatic carbocycles. The van der Waals surface area contributed by atoms with E-state index in [0.29, 0.717) is 12.1 Å². The molecule has 2 aromatic rings. The number of nitrogens with zero attached hydrogens (tertiary/aromatic N) is 2. The maximum atomic E-state index is 14.0. The third kappa shape index (κ3) is 3.16. The normalized spacial score (nSPS) is 18.5. The molecule has 1 saturated heterocycles. The second kappa shape index (κ2) is 6.89. The van der Waals surface area contributed by atoms with E-state index in [1.54, 1.807) is 23.1 Å². The largest absolute Gasteiger partial charge is 0.307 e. The molecule has 0 unspecified atom stereocenters. The zero-order chi connectivity index (χ0) is 19.0. The highest BCUT2D eigenvalue weighted by Crippen LogP contribution is 2.47. The molecule has 5 heteroatoms. The Morgan fingerprint density at radius 1 is 1.11 bits per heavy atom.